The maximum absolute atomic E-state index is 8.57. The van der Waals surface area contributed by atoms with Crippen LogP contribution in [-0.2, 0) is 4.84 Å². The van der Waals surface area contributed by atoms with Crippen LogP contribution in [0.1, 0.15) is 18.1 Å². The Balaban J connectivity index is 2.94. The first-order valence-corrected chi connectivity index (χ1v) is 3.86. The smallest absolute Gasteiger partial charge is 0.106 e. The maximum atomic E-state index is 8.57. The van der Waals surface area contributed by atoms with Gasteiger partial charge in [0.25, 0.3) is 0 Å². The van der Waals surface area contributed by atoms with E-state index < -0.39 is 0 Å². The molecule has 0 spiro atoms. The number of oxime groups is 1. The molecule has 0 N–H and O–H groups in total. The molecule has 0 aromatic heterocycles. The van der Waals surface area contributed by atoms with Gasteiger partial charge in [-0.05, 0) is 24.6 Å². The van der Waals surface area contributed by atoms with Gasteiger partial charge in [-0.15, -0.1) is 0 Å². The van der Waals surface area contributed by atoms with Crippen molar-refractivity contribution < 1.29 is 4.84 Å². The molecule has 0 heterocycles. The van der Waals surface area contributed by atoms with E-state index in [9.17, 15) is 0 Å². The predicted molar refractivity (Wildman–Crippen MR) is 50.4 cm³/mol. The van der Waals surface area contributed by atoms with Gasteiger partial charge in [0.1, 0.15) is 7.11 Å². The molecular weight excluding hydrogens is 164 g/mol. The van der Waals surface area contributed by atoms with Gasteiger partial charge in [0, 0.05) is 0 Å². The second kappa shape index (κ2) is 4.27. The van der Waals surface area contributed by atoms with E-state index in [0.717, 1.165) is 11.3 Å². The summed E-state index contributed by atoms with van der Waals surface area (Å²) in [4.78, 5) is 4.64. The van der Waals surface area contributed by atoms with E-state index in [4.69, 9.17) is 5.26 Å². The Morgan fingerprint density at radius 3 is 2.46 bits per heavy atom. The molecule has 3 nitrogen and oxygen atoms in total. The number of hydrogen-bond acceptors (Lipinski definition) is 3. The maximum Gasteiger partial charge on any atom is 0.106 e. The summed E-state index contributed by atoms with van der Waals surface area (Å²) in [5.41, 5.74) is 2.40. The highest BCUT2D eigenvalue weighted by Gasteiger charge is 1.97. The van der Waals surface area contributed by atoms with Crippen LogP contribution in [0.25, 0.3) is 0 Å². The second-order valence-corrected chi connectivity index (χ2v) is 2.55. The molecule has 0 aliphatic carbocycles. The highest BCUT2D eigenvalue weighted by atomic mass is 16.6. The first-order valence-electron chi connectivity index (χ1n) is 3.86. The molecular formula is C10H10N2O. The molecule has 0 saturated heterocycles. The highest BCUT2D eigenvalue weighted by molar-refractivity contribution is 5.98. The van der Waals surface area contributed by atoms with Crippen molar-refractivity contribution in [2.45, 2.75) is 6.92 Å². The van der Waals surface area contributed by atoms with E-state index in [1.165, 1.54) is 7.11 Å². The quantitative estimate of drug-likeness (QED) is 0.508. The number of hydrogen-bond donors (Lipinski definition) is 0. The van der Waals surface area contributed by atoms with Crippen molar-refractivity contribution in [2.24, 2.45) is 5.16 Å². The average Bonchev–Trinajstić information content (AvgIpc) is 2.18. The zero-order valence-corrected chi connectivity index (χ0v) is 7.61. The van der Waals surface area contributed by atoms with E-state index in [1.54, 1.807) is 12.1 Å². The van der Waals surface area contributed by atoms with E-state index in [0.29, 0.717) is 5.56 Å². The van der Waals surface area contributed by atoms with Gasteiger partial charge >= 0.3 is 0 Å². The highest BCUT2D eigenvalue weighted by Crippen LogP contribution is 2.04. The number of benzene rings is 1. The van der Waals surface area contributed by atoms with Gasteiger partial charge in [-0.3, -0.25) is 0 Å². The molecule has 0 bridgehead atoms. The lowest BCUT2D eigenvalue weighted by Crippen LogP contribution is -1.94. The third kappa shape index (κ3) is 2.31. The fraction of sp³-hybridized carbons (Fsp3) is 0.200. The van der Waals surface area contributed by atoms with Gasteiger partial charge in [-0.1, -0.05) is 17.3 Å². The van der Waals surface area contributed by atoms with Crippen molar-refractivity contribution in [2.75, 3.05) is 7.11 Å². The number of nitriles is 1. The lowest BCUT2D eigenvalue weighted by Gasteiger charge is -1.98. The first kappa shape index (κ1) is 9.27. The van der Waals surface area contributed by atoms with Crippen LogP contribution in [0.15, 0.2) is 29.4 Å². The van der Waals surface area contributed by atoms with Crippen molar-refractivity contribution in [1.29, 1.82) is 5.26 Å². The molecule has 0 radical (unpaired) electrons. The Bertz CT molecular complexity index is 346. The molecule has 1 rings (SSSR count). The van der Waals surface area contributed by atoms with E-state index in [-0.39, 0.29) is 0 Å². The van der Waals surface area contributed by atoms with Crippen molar-refractivity contribution in [3.05, 3.63) is 35.4 Å². The van der Waals surface area contributed by atoms with Gasteiger partial charge < -0.3 is 4.84 Å². The fourth-order valence-electron chi connectivity index (χ4n) is 0.976. The van der Waals surface area contributed by atoms with Gasteiger partial charge in [-0.2, -0.15) is 5.26 Å². The molecule has 0 atom stereocenters. The second-order valence-electron chi connectivity index (χ2n) is 2.55. The minimum Gasteiger partial charge on any atom is -0.399 e. The van der Waals surface area contributed by atoms with Gasteiger partial charge in [0.05, 0.1) is 17.3 Å². The fourth-order valence-corrected chi connectivity index (χ4v) is 0.976. The lowest BCUT2D eigenvalue weighted by atomic mass is 10.1. The van der Waals surface area contributed by atoms with Crippen LogP contribution in [0.2, 0.25) is 0 Å². The summed E-state index contributed by atoms with van der Waals surface area (Å²) in [6.45, 7) is 1.85. The first-order chi connectivity index (χ1) is 6.27. The summed E-state index contributed by atoms with van der Waals surface area (Å²) < 4.78 is 0. The van der Waals surface area contributed by atoms with Crippen LogP contribution in [0.4, 0.5) is 0 Å². The zero-order chi connectivity index (χ0) is 9.68. The Labute approximate surface area is 77.2 Å². The van der Waals surface area contributed by atoms with Crippen molar-refractivity contribution >= 4 is 5.71 Å². The molecule has 0 aliphatic heterocycles. The Morgan fingerprint density at radius 1 is 1.38 bits per heavy atom. The van der Waals surface area contributed by atoms with Crippen LogP contribution in [-0.4, -0.2) is 12.8 Å². The van der Waals surface area contributed by atoms with Crippen molar-refractivity contribution in [1.82, 2.24) is 0 Å². The van der Waals surface area contributed by atoms with Gasteiger partial charge in [0.2, 0.25) is 0 Å². The Hall–Kier alpha value is -1.82. The van der Waals surface area contributed by atoms with Gasteiger partial charge in [-0.25, -0.2) is 0 Å². The summed E-state index contributed by atoms with van der Waals surface area (Å²) in [5.74, 6) is 0. The normalized spacial score (nSPS) is 10.7. The third-order valence-electron chi connectivity index (χ3n) is 1.66. The molecule has 0 amide bonds. The van der Waals surface area contributed by atoms with Crippen LogP contribution >= 0.6 is 0 Å². The van der Waals surface area contributed by atoms with E-state index >= 15 is 0 Å². The molecule has 0 fully saturated rings. The largest absolute Gasteiger partial charge is 0.399 e. The third-order valence-corrected chi connectivity index (χ3v) is 1.66. The van der Waals surface area contributed by atoms with E-state index in [1.807, 2.05) is 19.1 Å². The summed E-state index contributed by atoms with van der Waals surface area (Å²) in [6, 6.07) is 9.25. The molecule has 13 heavy (non-hydrogen) atoms. The Morgan fingerprint density at radius 2 is 2.00 bits per heavy atom. The van der Waals surface area contributed by atoms with Gasteiger partial charge in [0.15, 0.2) is 0 Å². The Kier molecular flexibility index (Phi) is 3.04. The summed E-state index contributed by atoms with van der Waals surface area (Å²) in [5, 5.41) is 12.3. The zero-order valence-electron chi connectivity index (χ0n) is 7.61. The van der Waals surface area contributed by atoms with Crippen LogP contribution < -0.4 is 0 Å². The minimum absolute atomic E-state index is 0.647. The van der Waals surface area contributed by atoms with Crippen LogP contribution in [0.5, 0.6) is 0 Å². The SMILES string of the molecule is CO/N=C(/C)c1ccc(C#N)cc1. The standard InChI is InChI=1S/C10H10N2O/c1-8(12-13-2)10-5-3-9(7-11)4-6-10/h3-6H,1-2H3/b12-8-. The monoisotopic (exact) mass is 174 g/mol. The molecule has 1 aromatic carbocycles. The van der Waals surface area contributed by atoms with Crippen LogP contribution in [0, 0.1) is 11.3 Å². The summed E-state index contributed by atoms with van der Waals surface area (Å²) in [6.07, 6.45) is 0. The summed E-state index contributed by atoms with van der Waals surface area (Å²) in [7, 11) is 1.51. The number of nitrogens with zero attached hydrogens (tertiary/aromatic N) is 2. The molecule has 0 unspecified atom stereocenters. The molecule has 0 aliphatic rings. The van der Waals surface area contributed by atoms with Crippen LogP contribution in [0.3, 0.4) is 0 Å². The molecule has 3 heteroatoms. The van der Waals surface area contributed by atoms with Crippen molar-refractivity contribution in [3.8, 4) is 6.07 Å². The minimum atomic E-state index is 0.647. The predicted octanol–water partition coefficient (Wildman–Crippen LogP) is 1.93. The van der Waals surface area contributed by atoms with E-state index in [2.05, 4.69) is 16.1 Å². The summed E-state index contributed by atoms with van der Waals surface area (Å²) >= 11 is 0. The lowest BCUT2D eigenvalue weighted by molar-refractivity contribution is 0.213. The average molecular weight is 174 g/mol. The molecule has 0 saturated carbocycles. The topological polar surface area (TPSA) is 45.4 Å². The molecule has 1 aromatic rings. The molecule has 66 valence electrons. The number of rotatable bonds is 2. The van der Waals surface area contributed by atoms with Crippen molar-refractivity contribution in [3.63, 3.8) is 0 Å².